The number of para-hydroxylation sites is 2. The molecular formula is C28H37N3O4S. The average Bonchev–Trinajstić information content (AvgIpc) is 3.18. The number of carbonyl (C=O) groups is 2. The number of aliphatic carboxylic acids is 1. The van der Waals surface area contributed by atoms with Gasteiger partial charge in [0.25, 0.3) is 0 Å². The molecule has 1 amide bonds. The first-order valence-electron chi connectivity index (χ1n) is 12.5. The van der Waals surface area contributed by atoms with Crippen LogP contribution in [-0.2, 0) is 16.1 Å². The molecule has 3 rings (SSSR count). The molecule has 36 heavy (non-hydrogen) atoms. The van der Waals surface area contributed by atoms with Crippen LogP contribution in [0.1, 0.15) is 58.6 Å². The molecule has 0 radical (unpaired) electrons. The molecule has 0 aliphatic rings. The molecule has 1 atom stereocenters. The van der Waals surface area contributed by atoms with Gasteiger partial charge in [-0.05, 0) is 36.0 Å². The number of fused-ring (bicyclic) bond motifs is 1. The molecule has 0 saturated heterocycles. The van der Waals surface area contributed by atoms with Gasteiger partial charge in [0.05, 0.1) is 17.6 Å². The Morgan fingerprint density at radius 1 is 1.08 bits per heavy atom. The fourth-order valence-electron chi connectivity index (χ4n) is 4.09. The zero-order valence-electron chi connectivity index (χ0n) is 21.6. The minimum absolute atomic E-state index is 0.303. The first-order chi connectivity index (χ1) is 17.2. The van der Waals surface area contributed by atoms with E-state index in [0.717, 1.165) is 35.9 Å². The maximum absolute atomic E-state index is 12.7. The maximum Gasteiger partial charge on any atom is 0.410 e. The zero-order valence-corrected chi connectivity index (χ0v) is 22.5. The summed E-state index contributed by atoms with van der Waals surface area (Å²) >= 11 is 1.53. The standard InChI is InChI=1S/C28H37N3O4S/c1-5-6-18-35-27(34)30(20-21-13-8-7-9-14-21)17-12-19-36-26-29-22-15-10-11-16-23(22)31(26)24(25(32)33)28(2,3)4/h7-11,13-16,24H,5-6,12,17-20H2,1-4H3,(H,32,33). The molecule has 0 fully saturated rings. The Balaban J connectivity index is 1.73. The lowest BCUT2D eigenvalue weighted by Gasteiger charge is -2.29. The molecule has 0 spiro atoms. The molecule has 2 aromatic carbocycles. The van der Waals surface area contributed by atoms with Crippen LogP contribution >= 0.6 is 11.8 Å². The van der Waals surface area contributed by atoms with E-state index in [-0.39, 0.29) is 6.09 Å². The molecule has 194 valence electrons. The third kappa shape index (κ3) is 7.26. The van der Waals surface area contributed by atoms with Crippen molar-refractivity contribution in [3.63, 3.8) is 0 Å². The monoisotopic (exact) mass is 511 g/mol. The van der Waals surface area contributed by atoms with Crippen molar-refractivity contribution in [2.24, 2.45) is 5.41 Å². The van der Waals surface area contributed by atoms with E-state index in [1.54, 1.807) is 4.90 Å². The molecule has 0 saturated carbocycles. The summed E-state index contributed by atoms with van der Waals surface area (Å²) in [6.07, 6.45) is 2.23. The summed E-state index contributed by atoms with van der Waals surface area (Å²) in [5, 5.41) is 10.8. The number of carboxylic acids is 1. The summed E-state index contributed by atoms with van der Waals surface area (Å²) in [4.78, 5) is 31.5. The Kier molecular flexibility index (Phi) is 9.81. The van der Waals surface area contributed by atoms with Crippen molar-refractivity contribution in [2.45, 2.75) is 64.7 Å². The molecule has 0 aliphatic heterocycles. The Hall–Kier alpha value is -3.00. The second kappa shape index (κ2) is 12.8. The number of aromatic nitrogens is 2. The third-order valence-corrected chi connectivity index (χ3v) is 6.92. The molecule has 0 bridgehead atoms. The van der Waals surface area contributed by atoms with Gasteiger partial charge in [-0.15, -0.1) is 0 Å². The number of unbranched alkanes of at least 4 members (excludes halogenated alkanes) is 1. The van der Waals surface area contributed by atoms with Crippen molar-refractivity contribution in [3.8, 4) is 0 Å². The second-order valence-corrected chi connectivity index (χ2v) is 11.0. The highest BCUT2D eigenvalue weighted by molar-refractivity contribution is 7.99. The number of hydrogen-bond acceptors (Lipinski definition) is 5. The van der Waals surface area contributed by atoms with Crippen molar-refractivity contribution in [1.29, 1.82) is 0 Å². The summed E-state index contributed by atoms with van der Waals surface area (Å²) in [6.45, 7) is 9.30. The number of amides is 1. The van der Waals surface area contributed by atoms with Crippen LogP contribution in [0.4, 0.5) is 4.79 Å². The molecule has 1 unspecified atom stereocenters. The van der Waals surface area contributed by atoms with Gasteiger partial charge < -0.3 is 19.3 Å². The maximum atomic E-state index is 12.7. The molecule has 7 nitrogen and oxygen atoms in total. The van der Waals surface area contributed by atoms with Gasteiger partial charge in [-0.25, -0.2) is 14.6 Å². The SMILES string of the molecule is CCCCOC(=O)N(CCCSc1nc2ccccc2n1C(C(=O)O)C(C)(C)C)Cc1ccccc1. The van der Waals surface area contributed by atoms with Gasteiger partial charge in [-0.1, -0.05) is 88.3 Å². The van der Waals surface area contributed by atoms with E-state index in [0.29, 0.717) is 30.6 Å². The average molecular weight is 512 g/mol. The zero-order chi connectivity index (χ0) is 26.1. The number of benzene rings is 2. The Morgan fingerprint density at radius 3 is 2.44 bits per heavy atom. The van der Waals surface area contributed by atoms with E-state index in [1.165, 1.54) is 11.8 Å². The van der Waals surface area contributed by atoms with Gasteiger partial charge in [0.1, 0.15) is 6.04 Å². The summed E-state index contributed by atoms with van der Waals surface area (Å²) in [5.74, 6) is -0.191. The van der Waals surface area contributed by atoms with Gasteiger partial charge in [0.15, 0.2) is 5.16 Å². The van der Waals surface area contributed by atoms with E-state index in [2.05, 4.69) is 6.92 Å². The molecule has 1 aromatic heterocycles. The van der Waals surface area contributed by atoms with E-state index in [4.69, 9.17) is 9.72 Å². The van der Waals surface area contributed by atoms with Gasteiger partial charge >= 0.3 is 12.1 Å². The number of ether oxygens (including phenoxy) is 1. The van der Waals surface area contributed by atoms with E-state index in [1.807, 2.05) is 79.9 Å². The highest BCUT2D eigenvalue weighted by Gasteiger charge is 2.35. The fourth-order valence-corrected chi connectivity index (χ4v) is 5.06. The highest BCUT2D eigenvalue weighted by atomic mass is 32.2. The van der Waals surface area contributed by atoms with Crippen molar-refractivity contribution >= 4 is 34.9 Å². The number of imidazole rings is 1. The number of carbonyl (C=O) groups excluding carboxylic acids is 1. The summed E-state index contributed by atoms with van der Waals surface area (Å²) in [7, 11) is 0. The molecule has 1 N–H and O–H groups in total. The van der Waals surface area contributed by atoms with Crippen molar-refractivity contribution in [2.75, 3.05) is 18.9 Å². The minimum Gasteiger partial charge on any atom is -0.480 e. The Morgan fingerprint density at radius 2 is 1.78 bits per heavy atom. The normalized spacial score (nSPS) is 12.4. The summed E-state index contributed by atoms with van der Waals surface area (Å²) in [5.41, 5.74) is 2.14. The van der Waals surface area contributed by atoms with E-state index < -0.39 is 17.4 Å². The smallest absolute Gasteiger partial charge is 0.410 e. The number of carboxylic acid groups (broad SMARTS) is 1. The minimum atomic E-state index is -0.878. The van der Waals surface area contributed by atoms with Crippen LogP contribution in [-0.4, -0.2) is 50.5 Å². The van der Waals surface area contributed by atoms with Gasteiger partial charge in [0.2, 0.25) is 0 Å². The lowest BCUT2D eigenvalue weighted by Crippen LogP contribution is -2.33. The van der Waals surface area contributed by atoms with Crippen LogP contribution in [0, 0.1) is 5.41 Å². The number of nitrogens with zero attached hydrogens (tertiary/aromatic N) is 3. The largest absolute Gasteiger partial charge is 0.480 e. The molecule has 1 heterocycles. The molecule has 0 aliphatic carbocycles. The number of hydrogen-bond donors (Lipinski definition) is 1. The quantitative estimate of drug-likeness (QED) is 0.217. The lowest BCUT2D eigenvalue weighted by molar-refractivity contribution is -0.144. The lowest BCUT2D eigenvalue weighted by atomic mass is 9.86. The Bertz CT molecular complexity index is 1140. The van der Waals surface area contributed by atoms with E-state index >= 15 is 0 Å². The summed E-state index contributed by atoms with van der Waals surface area (Å²) < 4.78 is 7.34. The van der Waals surface area contributed by atoms with Crippen LogP contribution in [0.2, 0.25) is 0 Å². The predicted octanol–water partition coefficient (Wildman–Crippen LogP) is 6.63. The highest BCUT2D eigenvalue weighted by Crippen LogP contribution is 2.37. The van der Waals surface area contributed by atoms with Crippen LogP contribution in [0.3, 0.4) is 0 Å². The third-order valence-electron chi connectivity index (χ3n) is 5.88. The van der Waals surface area contributed by atoms with Gasteiger partial charge in [-0.3, -0.25) is 0 Å². The first kappa shape index (κ1) is 27.6. The topological polar surface area (TPSA) is 84.7 Å². The summed E-state index contributed by atoms with van der Waals surface area (Å²) in [6, 6.07) is 16.8. The van der Waals surface area contributed by atoms with Crippen LogP contribution in [0.25, 0.3) is 11.0 Å². The second-order valence-electron chi connectivity index (χ2n) is 9.94. The van der Waals surface area contributed by atoms with E-state index in [9.17, 15) is 14.7 Å². The van der Waals surface area contributed by atoms with Crippen molar-refractivity contribution in [3.05, 3.63) is 60.2 Å². The fraction of sp³-hybridized carbons (Fsp3) is 0.464. The first-order valence-corrected chi connectivity index (χ1v) is 13.5. The van der Waals surface area contributed by atoms with Crippen LogP contribution < -0.4 is 0 Å². The van der Waals surface area contributed by atoms with Gasteiger partial charge in [0, 0.05) is 18.8 Å². The Labute approximate surface area is 217 Å². The number of thioether (sulfide) groups is 1. The van der Waals surface area contributed by atoms with Gasteiger partial charge in [-0.2, -0.15) is 0 Å². The molecular weight excluding hydrogens is 474 g/mol. The van der Waals surface area contributed by atoms with Crippen molar-refractivity contribution in [1.82, 2.24) is 14.5 Å². The predicted molar refractivity (Wildman–Crippen MR) is 144 cm³/mol. The van der Waals surface area contributed by atoms with Crippen molar-refractivity contribution < 1.29 is 19.4 Å². The number of rotatable bonds is 12. The van der Waals surface area contributed by atoms with Crippen LogP contribution in [0.5, 0.6) is 0 Å². The molecule has 3 aromatic rings. The molecule has 8 heteroatoms. The van der Waals surface area contributed by atoms with Crippen LogP contribution in [0.15, 0.2) is 59.8 Å².